The number of nitrogens with zero attached hydrogens (tertiary/aromatic N) is 1. The molecule has 2 N–H and O–H groups in total. The van der Waals surface area contributed by atoms with Gasteiger partial charge in [-0.15, -0.1) is 0 Å². The van der Waals surface area contributed by atoms with Gasteiger partial charge >= 0.3 is 6.03 Å². The van der Waals surface area contributed by atoms with Crippen molar-refractivity contribution in [1.82, 2.24) is 10.2 Å². The molecule has 2 amide bonds. The average molecular weight is 212 g/mol. The minimum Gasteiger partial charge on any atom is -0.395 e. The van der Waals surface area contributed by atoms with Gasteiger partial charge in [0.05, 0.1) is 6.61 Å². The second-order valence-corrected chi connectivity index (χ2v) is 4.94. The van der Waals surface area contributed by atoms with Crippen molar-refractivity contribution in [2.75, 3.05) is 26.7 Å². The van der Waals surface area contributed by atoms with Crippen LogP contribution in [0.25, 0.3) is 0 Å². The van der Waals surface area contributed by atoms with Crippen LogP contribution in [-0.4, -0.2) is 42.8 Å². The smallest absolute Gasteiger partial charge is 0.317 e. The molecule has 15 heavy (non-hydrogen) atoms. The van der Waals surface area contributed by atoms with Gasteiger partial charge in [-0.3, -0.25) is 0 Å². The quantitative estimate of drug-likeness (QED) is 0.708. The number of rotatable bonds is 5. The van der Waals surface area contributed by atoms with E-state index in [0.717, 1.165) is 12.5 Å². The van der Waals surface area contributed by atoms with Crippen molar-refractivity contribution in [3.63, 3.8) is 0 Å². The van der Waals surface area contributed by atoms with E-state index >= 15 is 0 Å². The van der Waals surface area contributed by atoms with Crippen molar-refractivity contribution >= 4 is 6.03 Å². The van der Waals surface area contributed by atoms with Crippen LogP contribution in [0.15, 0.2) is 0 Å². The number of nitrogens with one attached hydrogen (secondary N) is 1. The first-order chi connectivity index (χ1) is 7.18. The van der Waals surface area contributed by atoms with Crippen LogP contribution in [0, 0.1) is 11.3 Å². The number of carbonyl (C=O) groups excluding carboxylic acids is 1. The molecule has 0 aliphatic heterocycles. The standard InChI is InChI=1S/C11H20N2O2/c1-13(6-7-14)10(15)12-8-11(4-5-11)9-2-3-9/h9,14H,2-8H2,1H3,(H,12,15). The molecule has 4 nitrogen and oxygen atoms in total. The van der Waals surface area contributed by atoms with Crippen LogP contribution >= 0.6 is 0 Å². The van der Waals surface area contributed by atoms with Crippen LogP contribution in [0.1, 0.15) is 25.7 Å². The van der Waals surface area contributed by atoms with Crippen molar-refractivity contribution in [3.05, 3.63) is 0 Å². The fourth-order valence-corrected chi connectivity index (χ4v) is 2.22. The molecule has 0 heterocycles. The Kier molecular flexibility index (Phi) is 2.87. The molecule has 0 aromatic carbocycles. The summed E-state index contributed by atoms with van der Waals surface area (Å²) in [5.74, 6) is 0.876. The molecule has 0 aromatic heterocycles. The van der Waals surface area contributed by atoms with Crippen LogP contribution in [0.2, 0.25) is 0 Å². The first-order valence-electron chi connectivity index (χ1n) is 5.78. The predicted octanol–water partition coefficient (Wildman–Crippen LogP) is 0.810. The Bertz CT molecular complexity index is 247. The highest BCUT2D eigenvalue weighted by Gasteiger charge is 2.53. The molecule has 0 atom stereocenters. The van der Waals surface area contributed by atoms with Gasteiger partial charge in [-0.25, -0.2) is 4.79 Å². The third-order valence-electron chi connectivity index (χ3n) is 3.71. The molecule has 0 aromatic rings. The highest BCUT2D eigenvalue weighted by Crippen LogP contribution is 2.60. The van der Waals surface area contributed by atoms with E-state index in [4.69, 9.17) is 5.11 Å². The summed E-state index contributed by atoms with van der Waals surface area (Å²) < 4.78 is 0. The maximum absolute atomic E-state index is 11.6. The van der Waals surface area contributed by atoms with Gasteiger partial charge in [0.15, 0.2) is 0 Å². The van der Waals surface area contributed by atoms with E-state index in [1.54, 1.807) is 7.05 Å². The lowest BCUT2D eigenvalue weighted by Crippen LogP contribution is -2.41. The van der Waals surface area contributed by atoms with Crippen LogP contribution in [-0.2, 0) is 0 Å². The first-order valence-corrected chi connectivity index (χ1v) is 5.78. The Balaban J connectivity index is 1.71. The largest absolute Gasteiger partial charge is 0.395 e. The van der Waals surface area contributed by atoms with E-state index in [-0.39, 0.29) is 12.6 Å². The lowest BCUT2D eigenvalue weighted by atomic mass is 10.0. The van der Waals surface area contributed by atoms with Gasteiger partial charge in [0.25, 0.3) is 0 Å². The molecule has 0 spiro atoms. The molecule has 2 aliphatic carbocycles. The Morgan fingerprint density at radius 2 is 2.20 bits per heavy atom. The van der Waals surface area contributed by atoms with Crippen molar-refractivity contribution in [1.29, 1.82) is 0 Å². The summed E-state index contributed by atoms with van der Waals surface area (Å²) in [5, 5.41) is 11.7. The Morgan fingerprint density at radius 1 is 1.53 bits per heavy atom. The fourth-order valence-electron chi connectivity index (χ4n) is 2.22. The van der Waals surface area contributed by atoms with E-state index < -0.39 is 0 Å². The van der Waals surface area contributed by atoms with E-state index in [1.807, 2.05) is 0 Å². The van der Waals surface area contributed by atoms with Crippen molar-refractivity contribution in [2.24, 2.45) is 11.3 Å². The number of aliphatic hydroxyl groups is 1. The lowest BCUT2D eigenvalue weighted by Gasteiger charge is -2.20. The molecule has 86 valence electrons. The number of likely N-dealkylation sites (N-methyl/N-ethyl adjacent to an activating group) is 1. The minimum atomic E-state index is -0.0593. The summed E-state index contributed by atoms with van der Waals surface area (Å²) in [6, 6.07) is -0.0593. The number of hydrogen-bond donors (Lipinski definition) is 2. The second kappa shape index (κ2) is 4.00. The maximum Gasteiger partial charge on any atom is 0.317 e. The Morgan fingerprint density at radius 3 is 2.67 bits per heavy atom. The zero-order chi connectivity index (χ0) is 10.9. The van der Waals surface area contributed by atoms with E-state index in [1.165, 1.54) is 30.6 Å². The van der Waals surface area contributed by atoms with Crippen LogP contribution in [0.5, 0.6) is 0 Å². The number of aliphatic hydroxyl groups excluding tert-OH is 1. The van der Waals surface area contributed by atoms with E-state index in [2.05, 4.69) is 5.32 Å². The average Bonchev–Trinajstić information content (AvgIpc) is 3.04. The Labute approximate surface area is 90.6 Å². The molecule has 2 saturated carbocycles. The van der Waals surface area contributed by atoms with Crippen LogP contribution < -0.4 is 5.32 Å². The number of hydrogen-bond acceptors (Lipinski definition) is 2. The van der Waals surface area contributed by atoms with Crippen molar-refractivity contribution in [3.8, 4) is 0 Å². The molecule has 0 unspecified atom stereocenters. The van der Waals surface area contributed by atoms with Gasteiger partial charge in [0.2, 0.25) is 0 Å². The van der Waals surface area contributed by atoms with E-state index in [9.17, 15) is 4.79 Å². The molecule has 2 fully saturated rings. The summed E-state index contributed by atoms with van der Waals surface area (Å²) in [6.07, 6.45) is 5.26. The number of carbonyl (C=O) groups is 1. The van der Waals surface area contributed by atoms with Gasteiger partial charge in [-0.2, -0.15) is 0 Å². The first kappa shape index (κ1) is 10.7. The molecule has 4 heteroatoms. The molecular weight excluding hydrogens is 192 g/mol. The number of amides is 2. The van der Waals surface area contributed by atoms with Gasteiger partial charge < -0.3 is 15.3 Å². The maximum atomic E-state index is 11.6. The number of urea groups is 1. The molecular formula is C11H20N2O2. The zero-order valence-electron chi connectivity index (χ0n) is 9.33. The Hall–Kier alpha value is -0.770. The highest BCUT2D eigenvalue weighted by molar-refractivity contribution is 5.73. The fraction of sp³-hybridized carbons (Fsp3) is 0.909. The van der Waals surface area contributed by atoms with Crippen LogP contribution in [0.4, 0.5) is 4.79 Å². The zero-order valence-corrected chi connectivity index (χ0v) is 9.33. The molecule has 0 saturated heterocycles. The highest BCUT2D eigenvalue weighted by atomic mass is 16.3. The van der Waals surface area contributed by atoms with Gasteiger partial charge in [0, 0.05) is 20.1 Å². The summed E-state index contributed by atoms with van der Waals surface area (Å²) in [4.78, 5) is 13.1. The van der Waals surface area contributed by atoms with Gasteiger partial charge in [0.1, 0.15) is 0 Å². The molecule has 2 aliphatic rings. The summed E-state index contributed by atoms with van der Waals surface area (Å²) in [6.45, 7) is 1.26. The second-order valence-electron chi connectivity index (χ2n) is 4.94. The van der Waals surface area contributed by atoms with Gasteiger partial charge in [-0.1, -0.05) is 0 Å². The minimum absolute atomic E-state index is 0.0255. The lowest BCUT2D eigenvalue weighted by molar-refractivity contribution is 0.187. The normalized spacial score (nSPS) is 22.3. The molecule has 0 bridgehead atoms. The predicted molar refractivity (Wildman–Crippen MR) is 57.5 cm³/mol. The van der Waals surface area contributed by atoms with E-state index in [0.29, 0.717) is 12.0 Å². The topological polar surface area (TPSA) is 52.6 Å². The van der Waals surface area contributed by atoms with Crippen molar-refractivity contribution in [2.45, 2.75) is 25.7 Å². The summed E-state index contributed by atoms with van der Waals surface area (Å²) in [7, 11) is 1.71. The monoisotopic (exact) mass is 212 g/mol. The third kappa shape index (κ3) is 2.43. The van der Waals surface area contributed by atoms with Crippen LogP contribution in [0.3, 0.4) is 0 Å². The summed E-state index contributed by atoms with van der Waals surface area (Å²) >= 11 is 0. The molecule has 2 rings (SSSR count). The SMILES string of the molecule is CN(CCO)C(=O)NCC1(C2CC2)CC1. The molecule has 0 radical (unpaired) electrons. The van der Waals surface area contributed by atoms with Gasteiger partial charge in [-0.05, 0) is 37.0 Å². The third-order valence-corrected chi connectivity index (χ3v) is 3.71. The summed E-state index contributed by atoms with van der Waals surface area (Å²) in [5.41, 5.74) is 0.454. The van der Waals surface area contributed by atoms with Crippen molar-refractivity contribution < 1.29 is 9.90 Å².